The molecule has 14 rings (SSSR count). The number of aromatic hydroxyl groups is 1. The van der Waals surface area contributed by atoms with E-state index >= 15 is 0 Å². The van der Waals surface area contributed by atoms with Crippen molar-refractivity contribution in [1.82, 2.24) is 14.5 Å². The number of phenols is 1. The van der Waals surface area contributed by atoms with E-state index in [-0.39, 0.29) is 37.6 Å². The summed E-state index contributed by atoms with van der Waals surface area (Å²) >= 11 is 0. The molecule has 0 aliphatic rings. The number of hydrogen-bond acceptors (Lipinski definition) is 3. The molecule has 0 saturated heterocycles. The van der Waals surface area contributed by atoms with Crippen LogP contribution in [-0.2, 0) is 31.9 Å². The maximum absolute atomic E-state index is 11.7. The topological polar surface area (TPSA) is 50.9 Å². The molecule has 0 aliphatic heterocycles. The molecule has 0 aliphatic carbocycles. The minimum absolute atomic E-state index is 0. The second-order valence-electron chi connectivity index (χ2n) is 31.2. The molecule has 0 fully saturated rings. The summed E-state index contributed by atoms with van der Waals surface area (Å²) in [5, 5.41) is 14.2. The van der Waals surface area contributed by atoms with Gasteiger partial charge in [-0.15, -0.1) is 35.4 Å². The van der Waals surface area contributed by atoms with E-state index in [4.69, 9.17) is 9.97 Å². The molecular formula is C96H92N3OPt-. The Labute approximate surface area is 613 Å². The summed E-state index contributed by atoms with van der Waals surface area (Å²) in [6.07, 6.45) is 0. The Morgan fingerprint density at radius 1 is 0.366 bits per heavy atom. The molecule has 2 aromatic heterocycles. The quantitative estimate of drug-likeness (QED) is 0.0872. The zero-order valence-corrected chi connectivity index (χ0v) is 63.7. The van der Waals surface area contributed by atoms with Gasteiger partial charge in [-0.3, -0.25) is 4.57 Å². The first kappa shape index (κ1) is 69.7. The molecule has 5 heteroatoms. The third-order valence-electron chi connectivity index (χ3n) is 20.6. The molecule has 0 saturated carbocycles. The van der Waals surface area contributed by atoms with Crippen molar-refractivity contribution < 1.29 is 26.2 Å². The monoisotopic (exact) mass is 1500 g/mol. The van der Waals surface area contributed by atoms with Crippen molar-refractivity contribution >= 4 is 32.7 Å². The fourth-order valence-corrected chi connectivity index (χ4v) is 14.8. The Balaban J connectivity index is 0.00000912. The van der Waals surface area contributed by atoms with E-state index in [2.05, 4.69) is 340 Å². The van der Waals surface area contributed by atoms with Gasteiger partial charge in [0.15, 0.2) is 5.82 Å². The van der Waals surface area contributed by atoms with Crippen LogP contribution in [-0.4, -0.2) is 19.6 Å². The summed E-state index contributed by atoms with van der Waals surface area (Å²) in [5.41, 5.74) is 31.6. The molecule has 0 unspecified atom stereocenters. The maximum atomic E-state index is 11.7. The van der Waals surface area contributed by atoms with Crippen molar-refractivity contribution in [3.8, 4) is 112 Å². The molecule has 2 heterocycles. The minimum Gasteiger partial charge on any atom is -0.507 e. The SMILES string of the molecule is Cc1cccc(C)c1-n1c(-c2ccc3ccc4cccc(O)c4c3n2)nc2c(-c3[c-]c(-c4c(-c5cc(C(C)C)cc(C(C)C)c5)cccc4-c4cc(C(C)C)cc(C(C)C)c4)ccc3)c(-c3c(-c4cccc(C(C)(C)C)c4)cccc3-c3cc(-c4ccccc4)cc(C(C)(C)C)c3)ccc21.[Pt]. The molecule has 0 bridgehead atoms. The molecule has 0 radical (unpaired) electrons. The summed E-state index contributed by atoms with van der Waals surface area (Å²) in [6.45, 7) is 36.8. The van der Waals surface area contributed by atoms with Crippen LogP contribution in [0.15, 0.2) is 237 Å². The first-order chi connectivity index (χ1) is 47.9. The van der Waals surface area contributed by atoms with E-state index in [1.807, 2.05) is 12.1 Å². The van der Waals surface area contributed by atoms with Crippen LogP contribution in [0, 0.1) is 19.9 Å². The molecule has 0 amide bonds. The molecular weight excluding hydrogens is 1410 g/mol. The van der Waals surface area contributed by atoms with E-state index in [9.17, 15) is 5.11 Å². The standard InChI is InChI=1S/C96H92N3O.Pt/c1-57(2)69-47-70(58(3)4)50-74(49-69)80-36-25-37-81(75-51-71(59(5)6)48-72(52-75)60(7)8)87(80)67-32-21-33-68(46-67)88-83(43-45-85-92(88)98-94(99(85)93-61(9)26-20-27-62(93)10)84-44-42-65-41-40-64-30-23-39-86(100)89(64)91(65)97-84)90-79(66-31-22-34-77(54-66)95(11,12)13)35-24-38-82(90)76-53-73(63-28-18-17-19-29-63)55-78(56-76)96(14,15)16;/h17-45,47-60,100H,1-16H3;/q-1;. The van der Waals surface area contributed by atoms with Gasteiger partial charge in [0.25, 0.3) is 0 Å². The van der Waals surface area contributed by atoms with Crippen LogP contribution >= 0.6 is 0 Å². The largest absolute Gasteiger partial charge is 0.507 e. The number of rotatable bonds is 14. The number of benzene rings is 12. The molecule has 14 aromatic rings. The van der Waals surface area contributed by atoms with Gasteiger partial charge >= 0.3 is 0 Å². The van der Waals surface area contributed by atoms with Crippen LogP contribution in [0.1, 0.15) is 165 Å². The van der Waals surface area contributed by atoms with Crippen molar-refractivity contribution in [2.75, 3.05) is 0 Å². The fraction of sp³-hybridized carbons (Fsp3) is 0.229. The molecule has 101 heavy (non-hydrogen) atoms. The van der Waals surface area contributed by atoms with Crippen LogP contribution in [0.4, 0.5) is 0 Å². The van der Waals surface area contributed by atoms with Gasteiger partial charge in [0.1, 0.15) is 11.4 Å². The van der Waals surface area contributed by atoms with Crippen LogP contribution in [0.3, 0.4) is 0 Å². The molecule has 1 N–H and O–H groups in total. The number of fused-ring (bicyclic) bond motifs is 4. The van der Waals surface area contributed by atoms with Crippen LogP contribution in [0.25, 0.3) is 139 Å². The second kappa shape index (κ2) is 27.7. The smallest absolute Gasteiger partial charge is 0.163 e. The van der Waals surface area contributed by atoms with Gasteiger partial charge in [-0.2, -0.15) is 0 Å². The van der Waals surface area contributed by atoms with E-state index in [0.29, 0.717) is 46.1 Å². The average molecular weight is 1500 g/mol. The molecule has 0 atom stereocenters. The van der Waals surface area contributed by atoms with Gasteiger partial charge in [0, 0.05) is 31.8 Å². The fourth-order valence-electron chi connectivity index (χ4n) is 14.8. The van der Waals surface area contributed by atoms with Gasteiger partial charge in [0.2, 0.25) is 0 Å². The van der Waals surface area contributed by atoms with Crippen LogP contribution in [0.5, 0.6) is 5.75 Å². The van der Waals surface area contributed by atoms with Gasteiger partial charge in [-0.1, -0.05) is 297 Å². The normalized spacial score (nSPS) is 12.1. The van der Waals surface area contributed by atoms with Crippen molar-refractivity contribution in [3.63, 3.8) is 0 Å². The molecule has 4 nitrogen and oxygen atoms in total. The number of nitrogens with zero attached hydrogens (tertiary/aromatic N) is 3. The summed E-state index contributed by atoms with van der Waals surface area (Å²) < 4.78 is 2.35. The number of para-hydroxylation sites is 1. The first-order valence-corrected chi connectivity index (χ1v) is 35.9. The predicted molar refractivity (Wildman–Crippen MR) is 427 cm³/mol. The Morgan fingerprint density at radius 2 is 0.842 bits per heavy atom. The van der Waals surface area contributed by atoms with Crippen LogP contribution in [0.2, 0.25) is 0 Å². The Kier molecular flexibility index (Phi) is 19.1. The number of aryl methyl sites for hydroxylation is 2. The zero-order chi connectivity index (χ0) is 70.2. The Morgan fingerprint density at radius 3 is 1.43 bits per heavy atom. The molecule has 0 spiro atoms. The summed E-state index contributed by atoms with van der Waals surface area (Å²) in [6, 6.07) is 92.2. The van der Waals surface area contributed by atoms with Crippen molar-refractivity contribution in [2.45, 2.75) is 145 Å². The molecule has 508 valence electrons. The van der Waals surface area contributed by atoms with Crippen molar-refractivity contribution in [3.05, 3.63) is 287 Å². The Bertz CT molecular complexity index is 5340. The zero-order valence-electron chi connectivity index (χ0n) is 61.4. The van der Waals surface area contributed by atoms with Crippen molar-refractivity contribution in [1.29, 1.82) is 0 Å². The summed E-state index contributed by atoms with van der Waals surface area (Å²) in [5.74, 6) is 2.17. The van der Waals surface area contributed by atoms with E-state index in [1.165, 1.54) is 55.6 Å². The number of aromatic nitrogens is 3. The number of imidazole rings is 1. The second-order valence-corrected chi connectivity index (χ2v) is 31.2. The van der Waals surface area contributed by atoms with E-state index in [0.717, 1.165) is 105 Å². The third kappa shape index (κ3) is 13.4. The number of pyridine rings is 1. The van der Waals surface area contributed by atoms with Crippen LogP contribution < -0.4 is 0 Å². The van der Waals surface area contributed by atoms with Gasteiger partial charge in [0.05, 0.1) is 22.2 Å². The Hall–Kier alpha value is -9.73. The predicted octanol–water partition coefficient (Wildman–Crippen LogP) is 26.9. The van der Waals surface area contributed by atoms with E-state index in [1.54, 1.807) is 6.07 Å². The maximum Gasteiger partial charge on any atom is 0.163 e. The summed E-state index contributed by atoms with van der Waals surface area (Å²) in [4.78, 5) is 11.7. The van der Waals surface area contributed by atoms with Gasteiger partial charge in [-0.25, -0.2) is 9.97 Å². The molecule has 12 aromatic carbocycles. The summed E-state index contributed by atoms with van der Waals surface area (Å²) in [7, 11) is 0. The number of phenolic OH excluding ortho intramolecular Hbond substituents is 1. The van der Waals surface area contributed by atoms with Gasteiger partial charge < -0.3 is 5.11 Å². The number of hydrogen-bond donors (Lipinski definition) is 1. The van der Waals surface area contributed by atoms with Gasteiger partial charge in [-0.05, 0) is 195 Å². The third-order valence-corrected chi connectivity index (χ3v) is 20.6. The average Bonchev–Trinajstić information content (AvgIpc) is 1.62. The minimum atomic E-state index is -0.176. The van der Waals surface area contributed by atoms with Crippen molar-refractivity contribution in [2.24, 2.45) is 0 Å². The first-order valence-electron chi connectivity index (χ1n) is 35.9. The van der Waals surface area contributed by atoms with E-state index < -0.39 is 0 Å².